The third kappa shape index (κ3) is 5.32. The van der Waals surface area contributed by atoms with E-state index in [2.05, 4.69) is 10.00 Å². The SMILES string of the molecule is O=C(O)Cn1ccc([C@H]2CCCN(CCCOc3ccccc3)C2)n1. The minimum Gasteiger partial charge on any atom is -0.494 e. The Morgan fingerprint density at radius 2 is 2.12 bits per heavy atom. The van der Waals surface area contributed by atoms with Gasteiger partial charge in [0.25, 0.3) is 0 Å². The summed E-state index contributed by atoms with van der Waals surface area (Å²) in [5.41, 5.74) is 1.01. The summed E-state index contributed by atoms with van der Waals surface area (Å²) < 4.78 is 7.26. The van der Waals surface area contributed by atoms with Crippen LogP contribution in [0.4, 0.5) is 0 Å². The Morgan fingerprint density at radius 1 is 1.28 bits per heavy atom. The molecule has 6 heteroatoms. The molecule has 0 saturated carbocycles. The minimum absolute atomic E-state index is 0.0761. The van der Waals surface area contributed by atoms with Crippen LogP contribution in [0.3, 0.4) is 0 Å². The fraction of sp³-hybridized carbons (Fsp3) is 0.474. The molecule has 1 saturated heterocycles. The zero-order valence-electron chi connectivity index (χ0n) is 14.4. The highest BCUT2D eigenvalue weighted by Gasteiger charge is 2.23. The fourth-order valence-corrected chi connectivity index (χ4v) is 3.32. The smallest absolute Gasteiger partial charge is 0.325 e. The third-order valence-electron chi connectivity index (χ3n) is 4.51. The van der Waals surface area contributed by atoms with Gasteiger partial charge in [-0.15, -0.1) is 0 Å². The molecule has 2 aromatic rings. The van der Waals surface area contributed by atoms with Gasteiger partial charge in [0.05, 0.1) is 12.3 Å². The lowest BCUT2D eigenvalue weighted by atomic mass is 9.95. The molecule has 2 heterocycles. The van der Waals surface area contributed by atoms with Crippen LogP contribution in [0.2, 0.25) is 0 Å². The molecule has 0 bridgehead atoms. The van der Waals surface area contributed by atoms with E-state index in [0.29, 0.717) is 5.92 Å². The van der Waals surface area contributed by atoms with Crippen molar-refractivity contribution in [3.8, 4) is 5.75 Å². The Labute approximate surface area is 148 Å². The van der Waals surface area contributed by atoms with Crippen molar-refractivity contribution in [3.63, 3.8) is 0 Å². The van der Waals surface area contributed by atoms with E-state index < -0.39 is 5.97 Å². The zero-order valence-corrected chi connectivity index (χ0v) is 14.4. The first-order chi connectivity index (χ1) is 12.2. The largest absolute Gasteiger partial charge is 0.494 e. The van der Waals surface area contributed by atoms with Gasteiger partial charge in [-0.05, 0) is 44.0 Å². The topological polar surface area (TPSA) is 67.6 Å². The number of likely N-dealkylation sites (tertiary alicyclic amines) is 1. The summed E-state index contributed by atoms with van der Waals surface area (Å²) in [5, 5.41) is 13.3. The number of aromatic nitrogens is 2. The van der Waals surface area contributed by atoms with Gasteiger partial charge in [0.1, 0.15) is 12.3 Å². The van der Waals surface area contributed by atoms with E-state index in [-0.39, 0.29) is 6.54 Å². The first-order valence-corrected chi connectivity index (χ1v) is 8.86. The lowest BCUT2D eigenvalue weighted by molar-refractivity contribution is -0.137. The van der Waals surface area contributed by atoms with Crippen LogP contribution in [0.5, 0.6) is 5.75 Å². The zero-order chi connectivity index (χ0) is 17.5. The van der Waals surface area contributed by atoms with Gasteiger partial charge in [-0.25, -0.2) is 0 Å². The van der Waals surface area contributed by atoms with Gasteiger partial charge in [-0.3, -0.25) is 9.48 Å². The number of carbonyl (C=O) groups is 1. The number of rotatable bonds is 8. The molecule has 1 aromatic heterocycles. The standard InChI is InChI=1S/C19H25N3O3/c23-19(24)15-22-12-9-18(20-22)16-6-4-10-21(14-16)11-5-13-25-17-7-2-1-3-8-17/h1-3,7-9,12,16H,4-6,10-11,13-15H2,(H,23,24)/t16-/m0/s1. The molecule has 6 nitrogen and oxygen atoms in total. The van der Waals surface area contributed by atoms with E-state index in [0.717, 1.165) is 56.9 Å². The maximum atomic E-state index is 10.8. The maximum Gasteiger partial charge on any atom is 0.325 e. The summed E-state index contributed by atoms with van der Waals surface area (Å²) in [5.74, 6) is 0.445. The molecule has 1 atom stereocenters. The van der Waals surface area contributed by atoms with Crippen LogP contribution in [0, 0.1) is 0 Å². The number of aliphatic carboxylic acids is 1. The number of ether oxygens (including phenoxy) is 1. The highest BCUT2D eigenvalue weighted by molar-refractivity contribution is 5.66. The molecule has 0 amide bonds. The number of benzene rings is 1. The number of carboxylic acid groups (broad SMARTS) is 1. The Balaban J connectivity index is 1.43. The summed E-state index contributed by atoms with van der Waals surface area (Å²) in [4.78, 5) is 13.2. The summed E-state index contributed by atoms with van der Waals surface area (Å²) in [6.07, 6.45) is 5.02. The lowest BCUT2D eigenvalue weighted by Gasteiger charge is -2.31. The van der Waals surface area contributed by atoms with Crippen molar-refractivity contribution in [3.05, 3.63) is 48.3 Å². The summed E-state index contributed by atoms with van der Waals surface area (Å²) in [6, 6.07) is 11.9. The molecule has 1 aliphatic rings. The van der Waals surface area contributed by atoms with Crippen molar-refractivity contribution in [2.75, 3.05) is 26.2 Å². The van der Waals surface area contributed by atoms with Crippen molar-refractivity contribution < 1.29 is 14.6 Å². The molecule has 1 aromatic carbocycles. The van der Waals surface area contributed by atoms with Crippen LogP contribution in [-0.4, -0.2) is 52.0 Å². The van der Waals surface area contributed by atoms with Crippen molar-refractivity contribution >= 4 is 5.97 Å². The van der Waals surface area contributed by atoms with Crippen LogP contribution < -0.4 is 4.74 Å². The number of piperidine rings is 1. The number of hydrogen-bond acceptors (Lipinski definition) is 4. The summed E-state index contributed by atoms with van der Waals surface area (Å²) in [6.45, 7) is 3.75. The second-order valence-electron chi connectivity index (χ2n) is 6.49. The molecule has 1 aliphatic heterocycles. The van der Waals surface area contributed by atoms with Gasteiger partial charge in [-0.2, -0.15) is 5.10 Å². The van der Waals surface area contributed by atoms with E-state index in [1.807, 2.05) is 36.4 Å². The molecular weight excluding hydrogens is 318 g/mol. The molecule has 134 valence electrons. The van der Waals surface area contributed by atoms with Gasteiger partial charge in [0, 0.05) is 25.2 Å². The van der Waals surface area contributed by atoms with Gasteiger partial charge >= 0.3 is 5.97 Å². The second kappa shape index (κ2) is 8.67. The van der Waals surface area contributed by atoms with Crippen LogP contribution >= 0.6 is 0 Å². The van der Waals surface area contributed by atoms with Crippen LogP contribution in [0.15, 0.2) is 42.6 Å². The van der Waals surface area contributed by atoms with E-state index in [4.69, 9.17) is 9.84 Å². The number of para-hydroxylation sites is 1. The molecular formula is C19H25N3O3. The predicted molar refractivity (Wildman–Crippen MR) is 94.8 cm³/mol. The second-order valence-corrected chi connectivity index (χ2v) is 6.49. The Bertz CT molecular complexity index is 672. The molecule has 0 unspecified atom stereocenters. The fourth-order valence-electron chi connectivity index (χ4n) is 3.32. The van der Waals surface area contributed by atoms with Gasteiger partial charge < -0.3 is 14.7 Å². The van der Waals surface area contributed by atoms with E-state index in [9.17, 15) is 4.79 Å². The average molecular weight is 343 g/mol. The van der Waals surface area contributed by atoms with Gasteiger partial charge in [0.15, 0.2) is 0 Å². The lowest BCUT2D eigenvalue weighted by Crippen LogP contribution is -2.35. The minimum atomic E-state index is -0.863. The third-order valence-corrected chi connectivity index (χ3v) is 4.51. The molecule has 3 rings (SSSR count). The maximum absolute atomic E-state index is 10.8. The molecule has 0 aliphatic carbocycles. The monoisotopic (exact) mass is 343 g/mol. The molecule has 1 N–H and O–H groups in total. The molecule has 0 spiro atoms. The predicted octanol–water partition coefficient (Wildman–Crippen LogP) is 2.62. The quantitative estimate of drug-likeness (QED) is 0.746. The van der Waals surface area contributed by atoms with Gasteiger partial charge in [-0.1, -0.05) is 18.2 Å². The Kier molecular flexibility index (Phi) is 6.06. The average Bonchev–Trinajstić information content (AvgIpc) is 3.08. The first kappa shape index (κ1) is 17.5. The van der Waals surface area contributed by atoms with Crippen molar-refractivity contribution in [1.29, 1.82) is 0 Å². The van der Waals surface area contributed by atoms with Crippen LogP contribution in [0.1, 0.15) is 30.9 Å². The van der Waals surface area contributed by atoms with Crippen LogP contribution in [0.25, 0.3) is 0 Å². The highest BCUT2D eigenvalue weighted by atomic mass is 16.5. The Hall–Kier alpha value is -2.34. The van der Waals surface area contributed by atoms with Crippen molar-refractivity contribution in [1.82, 2.24) is 14.7 Å². The van der Waals surface area contributed by atoms with E-state index >= 15 is 0 Å². The highest BCUT2D eigenvalue weighted by Crippen LogP contribution is 2.25. The van der Waals surface area contributed by atoms with E-state index in [1.165, 1.54) is 4.68 Å². The van der Waals surface area contributed by atoms with Crippen molar-refractivity contribution in [2.45, 2.75) is 31.7 Å². The molecule has 25 heavy (non-hydrogen) atoms. The molecule has 1 fully saturated rings. The number of nitrogens with zero attached hydrogens (tertiary/aromatic N) is 3. The summed E-state index contributed by atoms with van der Waals surface area (Å²) >= 11 is 0. The number of hydrogen-bond donors (Lipinski definition) is 1. The van der Waals surface area contributed by atoms with Crippen molar-refractivity contribution in [2.24, 2.45) is 0 Å². The number of carboxylic acids is 1. The first-order valence-electron chi connectivity index (χ1n) is 8.86. The normalized spacial score (nSPS) is 18.2. The van der Waals surface area contributed by atoms with Gasteiger partial charge in [0.2, 0.25) is 0 Å². The van der Waals surface area contributed by atoms with Crippen LogP contribution in [-0.2, 0) is 11.3 Å². The van der Waals surface area contributed by atoms with E-state index in [1.54, 1.807) is 6.20 Å². The molecule has 0 radical (unpaired) electrons. The summed E-state index contributed by atoms with van der Waals surface area (Å²) in [7, 11) is 0. The Morgan fingerprint density at radius 3 is 2.92 bits per heavy atom.